The zero-order valence-electron chi connectivity index (χ0n) is 17.3. The van der Waals surface area contributed by atoms with Gasteiger partial charge in [-0.25, -0.2) is 4.79 Å². The van der Waals surface area contributed by atoms with Gasteiger partial charge in [0.2, 0.25) is 0 Å². The maximum absolute atomic E-state index is 12.9. The standard InChI is InChI=1S/C27H20ClNO3/c1-17-22(27(31)32)8-5-9-25(17)29-26(30)21-14-15-24(28)23(16-21)20-12-10-19(11-13-20)18-6-3-2-4-7-18/h2-16H,1H3,(H,29,30)(H,31,32). The van der Waals surface area contributed by atoms with Gasteiger partial charge >= 0.3 is 5.97 Å². The van der Waals surface area contributed by atoms with E-state index in [1.165, 1.54) is 6.07 Å². The van der Waals surface area contributed by atoms with E-state index in [4.69, 9.17) is 11.6 Å². The number of hydrogen-bond acceptors (Lipinski definition) is 2. The Bertz CT molecular complexity index is 1300. The highest BCUT2D eigenvalue weighted by Crippen LogP contribution is 2.31. The van der Waals surface area contributed by atoms with Crippen LogP contribution >= 0.6 is 11.6 Å². The minimum atomic E-state index is -1.04. The van der Waals surface area contributed by atoms with Crippen LogP contribution in [0.4, 0.5) is 5.69 Å². The smallest absolute Gasteiger partial charge is 0.336 e. The van der Waals surface area contributed by atoms with Gasteiger partial charge in [-0.2, -0.15) is 0 Å². The van der Waals surface area contributed by atoms with E-state index in [2.05, 4.69) is 5.32 Å². The third-order valence-corrected chi connectivity index (χ3v) is 5.67. The maximum Gasteiger partial charge on any atom is 0.336 e. The molecule has 4 aromatic rings. The zero-order valence-corrected chi connectivity index (χ0v) is 18.1. The molecule has 0 heterocycles. The number of hydrogen-bond donors (Lipinski definition) is 2. The highest BCUT2D eigenvalue weighted by atomic mass is 35.5. The van der Waals surface area contributed by atoms with Crippen molar-refractivity contribution in [2.45, 2.75) is 6.92 Å². The number of benzene rings is 4. The molecule has 4 rings (SSSR count). The number of rotatable bonds is 5. The van der Waals surface area contributed by atoms with Crippen LogP contribution in [0.25, 0.3) is 22.3 Å². The molecule has 1 amide bonds. The number of carboxylic acids is 1. The van der Waals surface area contributed by atoms with Gasteiger partial charge in [0.05, 0.1) is 5.56 Å². The average molecular weight is 442 g/mol. The minimum Gasteiger partial charge on any atom is -0.478 e. The first-order valence-corrected chi connectivity index (χ1v) is 10.4. The van der Waals surface area contributed by atoms with Crippen molar-refractivity contribution in [3.8, 4) is 22.3 Å². The predicted molar refractivity (Wildman–Crippen MR) is 128 cm³/mol. The molecule has 0 fully saturated rings. The Hall–Kier alpha value is -3.89. The summed E-state index contributed by atoms with van der Waals surface area (Å²) in [5.41, 5.74) is 5.39. The molecule has 4 aromatic carbocycles. The summed E-state index contributed by atoms with van der Waals surface area (Å²) in [6.45, 7) is 1.67. The van der Waals surface area contributed by atoms with Crippen molar-refractivity contribution in [1.29, 1.82) is 0 Å². The van der Waals surface area contributed by atoms with Crippen LogP contribution in [0.1, 0.15) is 26.3 Å². The van der Waals surface area contributed by atoms with Gasteiger partial charge < -0.3 is 10.4 Å². The zero-order chi connectivity index (χ0) is 22.7. The Labute approximate surface area is 191 Å². The van der Waals surface area contributed by atoms with Crippen molar-refractivity contribution >= 4 is 29.2 Å². The van der Waals surface area contributed by atoms with Gasteiger partial charge in [0, 0.05) is 21.8 Å². The number of halogens is 1. The SMILES string of the molecule is Cc1c(NC(=O)c2ccc(Cl)c(-c3ccc(-c4ccccc4)cc3)c2)cccc1C(=O)O. The molecule has 0 aromatic heterocycles. The van der Waals surface area contributed by atoms with Crippen molar-refractivity contribution in [1.82, 2.24) is 0 Å². The van der Waals surface area contributed by atoms with Gasteiger partial charge in [0.25, 0.3) is 5.91 Å². The first-order chi connectivity index (χ1) is 15.4. The Morgan fingerprint density at radius 3 is 2.12 bits per heavy atom. The predicted octanol–water partition coefficient (Wildman–Crippen LogP) is 6.93. The van der Waals surface area contributed by atoms with E-state index in [1.807, 2.05) is 54.6 Å². The second-order valence-corrected chi connectivity index (χ2v) is 7.78. The minimum absolute atomic E-state index is 0.151. The second kappa shape index (κ2) is 9.08. The van der Waals surface area contributed by atoms with Crippen LogP contribution in [0.5, 0.6) is 0 Å². The Morgan fingerprint density at radius 1 is 0.781 bits per heavy atom. The summed E-state index contributed by atoms with van der Waals surface area (Å²) in [4.78, 5) is 24.2. The number of nitrogens with one attached hydrogen (secondary N) is 1. The van der Waals surface area contributed by atoms with Gasteiger partial charge in [-0.3, -0.25) is 4.79 Å². The lowest BCUT2D eigenvalue weighted by Crippen LogP contribution is -2.14. The van der Waals surface area contributed by atoms with Crippen LogP contribution in [0.15, 0.2) is 91.0 Å². The molecule has 0 radical (unpaired) electrons. The monoisotopic (exact) mass is 441 g/mol. The molecule has 0 aliphatic carbocycles. The molecule has 0 aliphatic rings. The highest BCUT2D eigenvalue weighted by molar-refractivity contribution is 6.33. The Kier molecular flexibility index (Phi) is 6.06. The first kappa shape index (κ1) is 21.3. The van der Waals surface area contributed by atoms with Gasteiger partial charge in [-0.15, -0.1) is 0 Å². The van der Waals surface area contributed by atoms with E-state index in [-0.39, 0.29) is 11.5 Å². The Balaban J connectivity index is 1.61. The van der Waals surface area contributed by atoms with Crippen LogP contribution in [0.3, 0.4) is 0 Å². The fraction of sp³-hybridized carbons (Fsp3) is 0.0370. The maximum atomic E-state index is 12.9. The van der Waals surface area contributed by atoms with Crippen molar-refractivity contribution in [2.24, 2.45) is 0 Å². The lowest BCUT2D eigenvalue weighted by Gasteiger charge is -2.12. The van der Waals surface area contributed by atoms with Crippen molar-refractivity contribution < 1.29 is 14.7 Å². The Morgan fingerprint density at radius 2 is 1.44 bits per heavy atom. The van der Waals surface area contributed by atoms with E-state index in [1.54, 1.807) is 37.3 Å². The summed E-state index contributed by atoms with van der Waals surface area (Å²) in [5.74, 6) is -1.37. The average Bonchev–Trinajstić information content (AvgIpc) is 2.81. The number of carbonyl (C=O) groups excluding carboxylic acids is 1. The van der Waals surface area contributed by atoms with Crippen molar-refractivity contribution in [3.63, 3.8) is 0 Å². The largest absolute Gasteiger partial charge is 0.478 e. The van der Waals surface area contributed by atoms with Crippen LogP contribution in [-0.2, 0) is 0 Å². The van der Waals surface area contributed by atoms with Gasteiger partial charge in [0.1, 0.15) is 0 Å². The molecule has 2 N–H and O–H groups in total. The summed E-state index contributed by atoms with van der Waals surface area (Å²) in [6, 6.07) is 27.9. The van der Waals surface area contributed by atoms with Crippen LogP contribution in [-0.4, -0.2) is 17.0 Å². The topological polar surface area (TPSA) is 66.4 Å². The summed E-state index contributed by atoms with van der Waals surface area (Å²) in [7, 11) is 0. The molecule has 0 saturated carbocycles. The second-order valence-electron chi connectivity index (χ2n) is 7.38. The number of amides is 1. The van der Waals surface area contributed by atoms with Gasteiger partial charge in [0.15, 0.2) is 0 Å². The van der Waals surface area contributed by atoms with Crippen LogP contribution in [0.2, 0.25) is 5.02 Å². The molecule has 5 heteroatoms. The lowest BCUT2D eigenvalue weighted by atomic mass is 9.99. The third kappa shape index (κ3) is 4.41. The molecule has 0 aliphatic heterocycles. The molecule has 0 saturated heterocycles. The van der Waals surface area contributed by atoms with E-state index in [0.717, 1.165) is 22.3 Å². The van der Waals surface area contributed by atoms with Gasteiger partial charge in [-0.1, -0.05) is 72.3 Å². The normalized spacial score (nSPS) is 10.6. The van der Waals surface area contributed by atoms with Crippen LogP contribution < -0.4 is 5.32 Å². The van der Waals surface area contributed by atoms with E-state index < -0.39 is 5.97 Å². The first-order valence-electron chi connectivity index (χ1n) is 10.0. The fourth-order valence-corrected chi connectivity index (χ4v) is 3.78. The quantitative estimate of drug-likeness (QED) is 0.352. The number of carbonyl (C=O) groups is 2. The molecule has 4 nitrogen and oxygen atoms in total. The number of anilines is 1. The number of carboxylic acid groups (broad SMARTS) is 1. The molecule has 158 valence electrons. The lowest BCUT2D eigenvalue weighted by molar-refractivity contribution is 0.0695. The summed E-state index contributed by atoms with van der Waals surface area (Å²) >= 11 is 6.44. The molecule has 0 spiro atoms. The molecular weight excluding hydrogens is 422 g/mol. The molecule has 32 heavy (non-hydrogen) atoms. The highest BCUT2D eigenvalue weighted by Gasteiger charge is 2.15. The molecular formula is C27H20ClNO3. The fourth-order valence-electron chi connectivity index (χ4n) is 3.56. The van der Waals surface area contributed by atoms with Crippen molar-refractivity contribution in [3.05, 3.63) is 113 Å². The van der Waals surface area contributed by atoms with Gasteiger partial charge in [-0.05, 0) is 59.5 Å². The summed E-state index contributed by atoms with van der Waals surface area (Å²) < 4.78 is 0. The molecule has 0 unspecified atom stereocenters. The summed E-state index contributed by atoms with van der Waals surface area (Å²) in [5, 5.41) is 12.6. The third-order valence-electron chi connectivity index (χ3n) is 5.34. The summed E-state index contributed by atoms with van der Waals surface area (Å²) in [6.07, 6.45) is 0. The molecule has 0 atom stereocenters. The van der Waals surface area contributed by atoms with Crippen LogP contribution in [0, 0.1) is 6.92 Å². The van der Waals surface area contributed by atoms with E-state index in [0.29, 0.717) is 21.8 Å². The number of aromatic carboxylic acids is 1. The van der Waals surface area contributed by atoms with Crippen molar-refractivity contribution in [2.75, 3.05) is 5.32 Å². The van der Waals surface area contributed by atoms with E-state index >= 15 is 0 Å². The molecule has 0 bridgehead atoms. The van der Waals surface area contributed by atoms with E-state index in [9.17, 15) is 14.7 Å².